The number of rotatable bonds is 9. The van der Waals surface area contributed by atoms with Crippen molar-refractivity contribution in [3.8, 4) is 23.0 Å². The first kappa shape index (κ1) is 19.4. The van der Waals surface area contributed by atoms with Gasteiger partial charge in [0.05, 0.1) is 27.4 Å². The Morgan fingerprint density at radius 2 is 1.54 bits per heavy atom. The van der Waals surface area contributed by atoms with E-state index in [-0.39, 0.29) is 18.6 Å². The van der Waals surface area contributed by atoms with Crippen LogP contribution in [0, 0.1) is 0 Å². The van der Waals surface area contributed by atoms with Crippen molar-refractivity contribution in [2.75, 3.05) is 27.9 Å². The smallest absolute Gasteiger partial charge is 0.258 e. The summed E-state index contributed by atoms with van der Waals surface area (Å²) in [5, 5.41) is 2.98. The molecule has 0 aliphatic rings. The number of hydrogen-bond acceptors (Lipinski definition) is 5. The Kier molecular flexibility index (Phi) is 7.14. The van der Waals surface area contributed by atoms with Crippen molar-refractivity contribution >= 4 is 5.91 Å². The van der Waals surface area contributed by atoms with Crippen LogP contribution in [0.5, 0.6) is 23.0 Å². The van der Waals surface area contributed by atoms with E-state index >= 15 is 0 Å². The molecule has 0 saturated carbocycles. The summed E-state index contributed by atoms with van der Waals surface area (Å²) >= 11 is 0. The SMILES string of the molecule is CC[C@@H](NC(=O)COc1ccccc1OC)c1ccc(OC)c(OC)c1. The van der Waals surface area contributed by atoms with Crippen LogP contribution in [0.15, 0.2) is 42.5 Å². The molecular formula is C20H25NO5. The van der Waals surface area contributed by atoms with Crippen molar-refractivity contribution < 1.29 is 23.7 Å². The normalized spacial score (nSPS) is 11.4. The molecule has 140 valence electrons. The molecule has 0 spiro atoms. The second-order valence-electron chi connectivity index (χ2n) is 5.58. The maximum absolute atomic E-state index is 12.3. The van der Waals surface area contributed by atoms with E-state index in [4.69, 9.17) is 18.9 Å². The first-order chi connectivity index (χ1) is 12.6. The van der Waals surface area contributed by atoms with Crippen LogP contribution in [-0.4, -0.2) is 33.8 Å². The number of ether oxygens (including phenoxy) is 4. The Hall–Kier alpha value is -2.89. The van der Waals surface area contributed by atoms with Gasteiger partial charge in [0.1, 0.15) is 0 Å². The molecular weight excluding hydrogens is 334 g/mol. The molecule has 2 aromatic carbocycles. The highest BCUT2D eigenvalue weighted by Gasteiger charge is 2.16. The lowest BCUT2D eigenvalue weighted by Crippen LogP contribution is -2.32. The molecule has 0 saturated heterocycles. The first-order valence-electron chi connectivity index (χ1n) is 8.40. The zero-order valence-corrected chi connectivity index (χ0v) is 15.6. The van der Waals surface area contributed by atoms with Crippen LogP contribution in [0.25, 0.3) is 0 Å². The molecule has 1 amide bonds. The maximum Gasteiger partial charge on any atom is 0.258 e. The summed E-state index contributed by atoms with van der Waals surface area (Å²) in [6.45, 7) is 1.91. The van der Waals surface area contributed by atoms with E-state index in [0.717, 1.165) is 12.0 Å². The van der Waals surface area contributed by atoms with Crippen molar-refractivity contribution in [1.82, 2.24) is 5.32 Å². The van der Waals surface area contributed by atoms with Gasteiger partial charge in [0.25, 0.3) is 5.91 Å². The van der Waals surface area contributed by atoms with Crippen molar-refractivity contribution in [3.63, 3.8) is 0 Å². The van der Waals surface area contributed by atoms with Gasteiger partial charge in [-0.2, -0.15) is 0 Å². The topological polar surface area (TPSA) is 66.0 Å². The Bertz CT molecular complexity index is 732. The summed E-state index contributed by atoms with van der Waals surface area (Å²) < 4.78 is 21.4. The van der Waals surface area contributed by atoms with Gasteiger partial charge in [-0.25, -0.2) is 0 Å². The third-order valence-electron chi connectivity index (χ3n) is 3.98. The van der Waals surface area contributed by atoms with Gasteiger partial charge in [-0.1, -0.05) is 25.1 Å². The lowest BCUT2D eigenvalue weighted by atomic mass is 10.0. The predicted octanol–water partition coefficient (Wildman–Crippen LogP) is 3.36. The number of hydrogen-bond donors (Lipinski definition) is 1. The van der Waals surface area contributed by atoms with E-state index in [9.17, 15) is 4.79 Å². The Balaban J connectivity index is 2.02. The van der Waals surface area contributed by atoms with Crippen LogP contribution >= 0.6 is 0 Å². The van der Waals surface area contributed by atoms with Crippen LogP contribution in [0.3, 0.4) is 0 Å². The number of carbonyl (C=O) groups is 1. The van der Waals surface area contributed by atoms with E-state index in [1.165, 1.54) is 0 Å². The summed E-state index contributed by atoms with van der Waals surface area (Å²) in [5.41, 5.74) is 0.941. The van der Waals surface area contributed by atoms with E-state index in [1.807, 2.05) is 37.3 Å². The summed E-state index contributed by atoms with van der Waals surface area (Å²) in [6.07, 6.45) is 0.732. The summed E-state index contributed by atoms with van der Waals surface area (Å²) in [7, 11) is 4.74. The molecule has 1 atom stereocenters. The molecule has 0 bridgehead atoms. The largest absolute Gasteiger partial charge is 0.493 e. The third-order valence-corrected chi connectivity index (χ3v) is 3.98. The molecule has 0 aliphatic carbocycles. The van der Waals surface area contributed by atoms with Crippen LogP contribution in [0.4, 0.5) is 0 Å². The number of nitrogens with one attached hydrogen (secondary N) is 1. The molecule has 0 fully saturated rings. The quantitative estimate of drug-likeness (QED) is 0.744. The molecule has 2 aromatic rings. The number of para-hydroxylation sites is 2. The fourth-order valence-electron chi connectivity index (χ4n) is 2.61. The maximum atomic E-state index is 12.3. The van der Waals surface area contributed by atoms with Gasteiger partial charge in [0.15, 0.2) is 29.6 Å². The highest BCUT2D eigenvalue weighted by atomic mass is 16.5. The number of methoxy groups -OCH3 is 3. The summed E-state index contributed by atoms with van der Waals surface area (Å²) in [5.74, 6) is 2.19. The van der Waals surface area contributed by atoms with Gasteiger partial charge in [-0.15, -0.1) is 0 Å². The Labute approximate surface area is 154 Å². The molecule has 6 heteroatoms. The molecule has 0 heterocycles. The van der Waals surface area contributed by atoms with Gasteiger partial charge in [0.2, 0.25) is 0 Å². The monoisotopic (exact) mass is 359 g/mol. The fraction of sp³-hybridized carbons (Fsp3) is 0.350. The number of benzene rings is 2. The molecule has 6 nitrogen and oxygen atoms in total. The van der Waals surface area contributed by atoms with Gasteiger partial charge >= 0.3 is 0 Å². The van der Waals surface area contributed by atoms with Crippen molar-refractivity contribution in [2.24, 2.45) is 0 Å². The van der Waals surface area contributed by atoms with Crippen LogP contribution in [0.2, 0.25) is 0 Å². The van der Waals surface area contributed by atoms with Gasteiger partial charge in [0, 0.05) is 0 Å². The third kappa shape index (κ3) is 4.81. The highest BCUT2D eigenvalue weighted by Crippen LogP contribution is 2.31. The van der Waals surface area contributed by atoms with Crippen molar-refractivity contribution in [1.29, 1.82) is 0 Å². The predicted molar refractivity (Wildman–Crippen MR) is 99.2 cm³/mol. The average molecular weight is 359 g/mol. The lowest BCUT2D eigenvalue weighted by Gasteiger charge is -2.19. The highest BCUT2D eigenvalue weighted by molar-refractivity contribution is 5.78. The first-order valence-corrected chi connectivity index (χ1v) is 8.40. The molecule has 2 rings (SSSR count). The Morgan fingerprint density at radius 3 is 2.15 bits per heavy atom. The van der Waals surface area contributed by atoms with E-state index in [0.29, 0.717) is 23.0 Å². The second kappa shape index (κ2) is 9.56. The van der Waals surface area contributed by atoms with Crippen LogP contribution < -0.4 is 24.3 Å². The molecule has 0 radical (unpaired) electrons. The number of amides is 1. The molecule has 1 N–H and O–H groups in total. The fourth-order valence-corrected chi connectivity index (χ4v) is 2.61. The molecule has 0 aromatic heterocycles. The van der Waals surface area contributed by atoms with Crippen molar-refractivity contribution in [3.05, 3.63) is 48.0 Å². The van der Waals surface area contributed by atoms with Crippen LogP contribution in [0.1, 0.15) is 24.9 Å². The summed E-state index contributed by atoms with van der Waals surface area (Å²) in [6, 6.07) is 12.7. The van der Waals surface area contributed by atoms with E-state index in [2.05, 4.69) is 5.32 Å². The van der Waals surface area contributed by atoms with Gasteiger partial charge in [-0.3, -0.25) is 4.79 Å². The average Bonchev–Trinajstić information content (AvgIpc) is 2.70. The molecule has 0 aliphatic heterocycles. The minimum absolute atomic E-state index is 0.0931. The zero-order valence-electron chi connectivity index (χ0n) is 15.6. The minimum atomic E-state index is -0.211. The van der Waals surface area contributed by atoms with Crippen molar-refractivity contribution in [2.45, 2.75) is 19.4 Å². The summed E-state index contributed by atoms with van der Waals surface area (Å²) in [4.78, 5) is 12.3. The lowest BCUT2D eigenvalue weighted by molar-refractivity contribution is -0.123. The standard InChI is InChI=1S/C20H25NO5/c1-5-15(14-10-11-17(24-3)19(12-14)25-4)21-20(22)13-26-18-9-7-6-8-16(18)23-2/h6-12,15H,5,13H2,1-4H3,(H,21,22)/t15-/m1/s1. The van der Waals surface area contributed by atoms with Gasteiger partial charge < -0.3 is 24.3 Å². The Morgan fingerprint density at radius 1 is 0.923 bits per heavy atom. The molecule has 26 heavy (non-hydrogen) atoms. The zero-order chi connectivity index (χ0) is 18.9. The minimum Gasteiger partial charge on any atom is -0.493 e. The van der Waals surface area contributed by atoms with Crippen LogP contribution in [-0.2, 0) is 4.79 Å². The second-order valence-corrected chi connectivity index (χ2v) is 5.58. The molecule has 0 unspecified atom stereocenters. The van der Waals surface area contributed by atoms with Gasteiger partial charge in [-0.05, 0) is 36.2 Å². The van der Waals surface area contributed by atoms with E-state index < -0.39 is 0 Å². The van der Waals surface area contributed by atoms with E-state index in [1.54, 1.807) is 33.5 Å². The number of carbonyl (C=O) groups excluding carboxylic acids is 1.